The van der Waals surface area contributed by atoms with Crippen molar-refractivity contribution in [3.63, 3.8) is 0 Å². The number of aromatic nitrogens is 1. The van der Waals surface area contributed by atoms with Crippen LogP contribution in [0.1, 0.15) is 45.6 Å². The van der Waals surface area contributed by atoms with E-state index in [1.165, 1.54) is 29.3 Å². The number of fused-ring (bicyclic) bond motifs is 1. The van der Waals surface area contributed by atoms with Gasteiger partial charge in [-0.25, -0.2) is 0 Å². The van der Waals surface area contributed by atoms with Crippen molar-refractivity contribution in [1.82, 2.24) is 14.8 Å². The van der Waals surface area contributed by atoms with E-state index in [2.05, 4.69) is 59.2 Å². The number of benzene rings is 1. The molecule has 0 aliphatic carbocycles. The van der Waals surface area contributed by atoms with Gasteiger partial charge in [0.2, 0.25) is 5.91 Å². The van der Waals surface area contributed by atoms with Crippen LogP contribution in [0.2, 0.25) is 0 Å². The number of carbonyl (C=O) groups excluding carboxylic acids is 1. The van der Waals surface area contributed by atoms with Crippen molar-refractivity contribution < 1.29 is 4.79 Å². The Bertz CT molecular complexity index is 779. The first-order chi connectivity index (χ1) is 12.6. The molecule has 148 valence electrons. The maximum atomic E-state index is 12.8. The molecule has 0 radical (unpaired) electrons. The fourth-order valence-corrected chi connectivity index (χ4v) is 6.08. The molecule has 1 aromatic carbocycles. The first kappa shape index (κ1) is 20.3. The lowest BCUT2D eigenvalue weighted by Crippen LogP contribution is -2.44. The number of aryl methyl sites for hydroxylation is 1. The topological polar surface area (TPSA) is 39.3 Å². The summed E-state index contributed by atoms with van der Waals surface area (Å²) in [7, 11) is 2.20. The van der Waals surface area contributed by atoms with E-state index in [-0.39, 0.29) is 7.43 Å². The summed E-state index contributed by atoms with van der Waals surface area (Å²) in [6, 6.07) is 8.40. The van der Waals surface area contributed by atoms with E-state index in [0.717, 1.165) is 32.5 Å². The molecule has 2 aliphatic heterocycles. The molecular formula is C22H33N3OS. The van der Waals surface area contributed by atoms with E-state index >= 15 is 0 Å². The molecule has 2 aliphatic rings. The second kappa shape index (κ2) is 8.27. The molecule has 2 aromatic rings. The van der Waals surface area contributed by atoms with Crippen LogP contribution in [0.25, 0.3) is 10.9 Å². The predicted octanol–water partition coefficient (Wildman–Crippen LogP) is 4.51. The standard InChI is InChI=1S/C21H29N3OS.CH4/c1-16-24(15-21(26-16)10-12-23(2)13-11-21)20(25)9-5-6-17-14-22-19-8-4-3-7-18(17)19;/h3-4,7-8,14,16,22H,5-6,9-13,15H2,1-2H3;1H4. The lowest BCUT2D eigenvalue weighted by Gasteiger charge is -2.36. The molecule has 1 atom stereocenters. The number of aromatic amines is 1. The SMILES string of the molecule is C.CC1SC2(CCN(C)CC2)CN1C(=O)CCCc1c[nH]c2ccccc12. The Kier molecular flexibility index (Phi) is 6.21. The maximum absolute atomic E-state index is 12.8. The molecule has 27 heavy (non-hydrogen) atoms. The Labute approximate surface area is 167 Å². The lowest BCUT2D eigenvalue weighted by atomic mass is 9.95. The highest BCUT2D eigenvalue weighted by molar-refractivity contribution is 8.01. The Morgan fingerprint density at radius 2 is 2.04 bits per heavy atom. The summed E-state index contributed by atoms with van der Waals surface area (Å²) in [5, 5.41) is 1.61. The van der Waals surface area contributed by atoms with Crippen LogP contribution in [0.15, 0.2) is 30.5 Å². The first-order valence-corrected chi connectivity index (χ1v) is 10.7. The van der Waals surface area contributed by atoms with Crippen molar-refractivity contribution in [2.24, 2.45) is 0 Å². The highest BCUT2D eigenvalue weighted by Crippen LogP contribution is 2.46. The molecule has 1 spiro atoms. The zero-order chi connectivity index (χ0) is 18.1. The minimum absolute atomic E-state index is 0. The van der Waals surface area contributed by atoms with Crippen LogP contribution in [0, 0.1) is 0 Å². The summed E-state index contributed by atoms with van der Waals surface area (Å²) in [6.07, 6.45) is 7.04. The third-order valence-corrected chi connectivity index (χ3v) is 7.68. The number of para-hydroxylation sites is 1. The molecule has 4 nitrogen and oxygen atoms in total. The van der Waals surface area contributed by atoms with E-state index in [1.54, 1.807) is 0 Å². The predicted molar refractivity (Wildman–Crippen MR) is 116 cm³/mol. The van der Waals surface area contributed by atoms with E-state index in [1.807, 2.05) is 11.8 Å². The quantitative estimate of drug-likeness (QED) is 0.839. The van der Waals surface area contributed by atoms with E-state index in [4.69, 9.17) is 0 Å². The molecule has 0 bridgehead atoms. The number of piperidine rings is 1. The zero-order valence-electron chi connectivity index (χ0n) is 15.8. The number of rotatable bonds is 4. The summed E-state index contributed by atoms with van der Waals surface area (Å²) in [4.78, 5) is 20.7. The second-order valence-electron chi connectivity index (χ2n) is 7.94. The molecule has 1 N–H and O–H groups in total. The third-order valence-electron chi connectivity index (χ3n) is 6.05. The van der Waals surface area contributed by atoms with Gasteiger partial charge in [-0.15, -0.1) is 11.8 Å². The van der Waals surface area contributed by atoms with Crippen molar-refractivity contribution in [1.29, 1.82) is 0 Å². The van der Waals surface area contributed by atoms with Gasteiger partial charge in [0.1, 0.15) is 0 Å². The van der Waals surface area contributed by atoms with Crippen LogP contribution in [0.3, 0.4) is 0 Å². The van der Waals surface area contributed by atoms with Crippen LogP contribution >= 0.6 is 11.8 Å². The van der Waals surface area contributed by atoms with Crippen LogP contribution in [-0.4, -0.2) is 57.5 Å². The fraction of sp³-hybridized carbons (Fsp3) is 0.591. The summed E-state index contributed by atoms with van der Waals surface area (Å²) < 4.78 is 0.304. The average Bonchev–Trinajstić information content (AvgIpc) is 3.19. The van der Waals surface area contributed by atoms with Crippen molar-refractivity contribution in [3.05, 3.63) is 36.0 Å². The van der Waals surface area contributed by atoms with Gasteiger partial charge in [-0.05, 0) is 64.4 Å². The molecule has 2 saturated heterocycles. The monoisotopic (exact) mass is 387 g/mol. The fourth-order valence-electron chi connectivity index (χ4n) is 4.41. The van der Waals surface area contributed by atoms with Crippen LogP contribution < -0.4 is 0 Å². The number of carbonyl (C=O) groups is 1. The number of hydrogen-bond donors (Lipinski definition) is 1. The van der Waals surface area contributed by atoms with Gasteiger partial charge in [0.25, 0.3) is 0 Å². The van der Waals surface area contributed by atoms with Gasteiger partial charge in [0.15, 0.2) is 0 Å². The highest BCUT2D eigenvalue weighted by Gasteiger charge is 2.45. The van der Waals surface area contributed by atoms with Gasteiger partial charge < -0.3 is 14.8 Å². The number of nitrogens with one attached hydrogen (secondary N) is 1. The van der Waals surface area contributed by atoms with Gasteiger partial charge in [0.05, 0.1) is 5.37 Å². The molecule has 1 unspecified atom stereocenters. The van der Waals surface area contributed by atoms with E-state index < -0.39 is 0 Å². The molecule has 1 amide bonds. The lowest BCUT2D eigenvalue weighted by molar-refractivity contribution is -0.131. The summed E-state index contributed by atoms with van der Waals surface area (Å²) in [5.41, 5.74) is 2.51. The number of thioether (sulfide) groups is 1. The van der Waals surface area contributed by atoms with Crippen molar-refractivity contribution in [2.75, 3.05) is 26.7 Å². The molecule has 5 heteroatoms. The Balaban J connectivity index is 0.00000210. The highest BCUT2D eigenvalue weighted by atomic mass is 32.2. The van der Waals surface area contributed by atoms with Crippen molar-refractivity contribution in [3.8, 4) is 0 Å². The number of amides is 1. The Morgan fingerprint density at radius 3 is 2.81 bits per heavy atom. The van der Waals surface area contributed by atoms with Crippen molar-refractivity contribution >= 4 is 28.6 Å². The first-order valence-electron chi connectivity index (χ1n) is 9.77. The minimum atomic E-state index is 0. The second-order valence-corrected chi connectivity index (χ2v) is 9.72. The molecular weight excluding hydrogens is 354 g/mol. The van der Waals surface area contributed by atoms with Gasteiger partial charge in [-0.3, -0.25) is 4.79 Å². The van der Waals surface area contributed by atoms with E-state index in [9.17, 15) is 4.79 Å². The van der Waals surface area contributed by atoms with E-state index in [0.29, 0.717) is 22.4 Å². The Hall–Kier alpha value is -1.46. The Morgan fingerprint density at radius 1 is 1.30 bits per heavy atom. The van der Waals surface area contributed by atoms with Crippen LogP contribution in [0.5, 0.6) is 0 Å². The van der Waals surface area contributed by atoms with Crippen molar-refractivity contribution in [2.45, 2.75) is 56.6 Å². The normalized spacial score (nSPS) is 22.3. The number of likely N-dealkylation sites (tertiary alicyclic amines) is 1. The molecule has 0 saturated carbocycles. The number of nitrogens with zero attached hydrogens (tertiary/aromatic N) is 2. The molecule has 3 heterocycles. The zero-order valence-corrected chi connectivity index (χ0v) is 16.6. The van der Waals surface area contributed by atoms with Crippen LogP contribution in [-0.2, 0) is 11.2 Å². The summed E-state index contributed by atoms with van der Waals surface area (Å²) in [6.45, 7) is 5.46. The smallest absolute Gasteiger partial charge is 0.223 e. The van der Waals surface area contributed by atoms with Gasteiger partial charge >= 0.3 is 0 Å². The van der Waals surface area contributed by atoms with Gasteiger partial charge in [0, 0.05) is 34.8 Å². The van der Waals surface area contributed by atoms with Crippen LogP contribution in [0.4, 0.5) is 0 Å². The molecule has 2 fully saturated rings. The molecule has 4 rings (SSSR count). The number of hydrogen-bond acceptors (Lipinski definition) is 3. The van der Waals surface area contributed by atoms with Gasteiger partial charge in [-0.2, -0.15) is 0 Å². The molecule has 1 aromatic heterocycles. The minimum Gasteiger partial charge on any atom is -0.361 e. The average molecular weight is 388 g/mol. The third kappa shape index (κ3) is 4.19. The van der Waals surface area contributed by atoms with Gasteiger partial charge in [-0.1, -0.05) is 25.6 Å². The largest absolute Gasteiger partial charge is 0.361 e. The maximum Gasteiger partial charge on any atom is 0.223 e. The number of H-pyrrole nitrogens is 1. The summed E-state index contributed by atoms with van der Waals surface area (Å²) >= 11 is 2.03. The summed E-state index contributed by atoms with van der Waals surface area (Å²) in [5.74, 6) is 0.334.